The molecule has 0 atom stereocenters. The Bertz CT molecular complexity index is 354. The normalized spacial score (nSPS) is 15.5. The van der Waals surface area contributed by atoms with Crippen molar-refractivity contribution >= 4 is 11.7 Å². The number of hydrogen-bond acceptors (Lipinski definition) is 3. The molecule has 1 aromatic heterocycles. The molecule has 0 spiro atoms. The van der Waals surface area contributed by atoms with Gasteiger partial charge in [-0.1, -0.05) is 0 Å². The molecule has 0 aliphatic heterocycles. The van der Waals surface area contributed by atoms with Crippen LogP contribution in [0.25, 0.3) is 0 Å². The summed E-state index contributed by atoms with van der Waals surface area (Å²) in [5, 5.41) is 6.89. The lowest BCUT2D eigenvalue weighted by Gasteiger charge is -2.02. The zero-order valence-corrected chi connectivity index (χ0v) is 8.16. The Balaban J connectivity index is 2.13. The van der Waals surface area contributed by atoms with Gasteiger partial charge in [0.15, 0.2) is 0 Å². The molecule has 1 saturated carbocycles. The highest BCUT2D eigenvalue weighted by Gasteiger charge is 2.25. The van der Waals surface area contributed by atoms with Crippen molar-refractivity contribution in [1.82, 2.24) is 15.1 Å². The Hall–Kier alpha value is -1.52. The van der Waals surface area contributed by atoms with E-state index in [-0.39, 0.29) is 5.91 Å². The van der Waals surface area contributed by atoms with Crippen LogP contribution in [0.4, 0.5) is 5.82 Å². The summed E-state index contributed by atoms with van der Waals surface area (Å²) < 4.78 is 1.61. The summed E-state index contributed by atoms with van der Waals surface area (Å²) in [6, 6.07) is 0.354. The van der Waals surface area contributed by atoms with Gasteiger partial charge in [-0.05, 0) is 19.8 Å². The van der Waals surface area contributed by atoms with Crippen molar-refractivity contribution in [3.05, 3.63) is 11.8 Å². The van der Waals surface area contributed by atoms with Gasteiger partial charge in [0.25, 0.3) is 5.91 Å². The number of carbonyl (C=O) groups excluding carboxylic acids is 1. The van der Waals surface area contributed by atoms with Gasteiger partial charge < -0.3 is 11.1 Å². The highest BCUT2D eigenvalue weighted by molar-refractivity contribution is 5.98. The lowest BCUT2D eigenvalue weighted by molar-refractivity contribution is 0.0952. The van der Waals surface area contributed by atoms with E-state index >= 15 is 0 Å². The van der Waals surface area contributed by atoms with E-state index in [2.05, 4.69) is 10.4 Å². The summed E-state index contributed by atoms with van der Waals surface area (Å²) in [5.74, 6) is 0.343. The fourth-order valence-corrected chi connectivity index (χ4v) is 1.31. The zero-order chi connectivity index (χ0) is 10.1. The van der Waals surface area contributed by atoms with E-state index in [0.717, 1.165) is 12.8 Å². The fraction of sp³-hybridized carbons (Fsp3) is 0.556. The molecule has 1 heterocycles. The zero-order valence-electron chi connectivity index (χ0n) is 8.16. The van der Waals surface area contributed by atoms with E-state index in [1.807, 2.05) is 6.92 Å². The summed E-state index contributed by atoms with van der Waals surface area (Å²) in [5.41, 5.74) is 6.24. The number of nitrogens with one attached hydrogen (secondary N) is 1. The number of anilines is 1. The molecule has 0 bridgehead atoms. The van der Waals surface area contributed by atoms with Gasteiger partial charge in [0.05, 0.1) is 6.20 Å². The second-order valence-corrected chi connectivity index (χ2v) is 3.51. The highest BCUT2D eigenvalue weighted by atomic mass is 16.1. The summed E-state index contributed by atoms with van der Waals surface area (Å²) in [4.78, 5) is 11.6. The molecule has 1 aliphatic carbocycles. The molecule has 1 fully saturated rings. The monoisotopic (exact) mass is 194 g/mol. The molecule has 5 nitrogen and oxygen atoms in total. The van der Waals surface area contributed by atoms with Gasteiger partial charge in [-0.25, -0.2) is 4.68 Å². The third-order valence-electron chi connectivity index (χ3n) is 2.34. The van der Waals surface area contributed by atoms with Crippen LogP contribution < -0.4 is 11.1 Å². The minimum Gasteiger partial charge on any atom is -0.383 e. The van der Waals surface area contributed by atoms with Gasteiger partial charge in [-0.3, -0.25) is 4.79 Å². The van der Waals surface area contributed by atoms with E-state index in [0.29, 0.717) is 24.0 Å². The molecule has 3 N–H and O–H groups in total. The summed E-state index contributed by atoms with van der Waals surface area (Å²) in [7, 11) is 0. The number of aryl methyl sites for hydroxylation is 1. The number of nitrogens with zero attached hydrogens (tertiary/aromatic N) is 2. The number of aromatic nitrogens is 2. The van der Waals surface area contributed by atoms with Gasteiger partial charge in [0.2, 0.25) is 0 Å². The third kappa shape index (κ3) is 1.57. The number of amides is 1. The second-order valence-electron chi connectivity index (χ2n) is 3.51. The summed E-state index contributed by atoms with van der Waals surface area (Å²) in [6.07, 6.45) is 3.68. The maximum atomic E-state index is 11.6. The van der Waals surface area contributed by atoms with Gasteiger partial charge in [0.1, 0.15) is 11.4 Å². The first kappa shape index (κ1) is 9.05. The predicted octanol–water partition coefficient (Wildman–Crippen LogP) is 0.377. The molecule has 1 aliphatic rings. The topological polar surface area (TPSA) is 72.9 Å². The van der Waals surface area contributed by atoms with Crippen molar-refractivity contribution in [2.45, 2.75) is 32.4 Å². The molecule has 14 heavy (non-hydrogen) atoms. The number of hydrogen-bond donors (Lipinski definition) is 2. The molecule has 0 saturated heterocycles. The van der Waals surface area contributed by atoms with Crippen molar-refractivity contribution in [3.63, 3.8) is 0 Å². The first-order chi connectivity index (χ1) is 6.72. The molecule has 76 valence electrons. The highest BCUT2D eigenvalue weighted by Crippen LogP contribution is 2.20. The summed E-state index contributed by atoms with van der Waals surface area (Å²) >= 11 is 0. The minimum absolute atomic E-state index is 0.107. The smallest absolute Gasteiger partial charge is 0.256 e. The van der Waals surface area contributed by atoms with Crippen LogP contribution in [0.2, 0.25) is 0 Å². The van der Waals surface area contributed by atoms with Gasteiger partial charge in [-0.2, -0.15) is 5.10 Å². The Morgan fingerprint density at radius 3 is 3.00 bits per heavy atom. The second kappa shape index (κ2) is 3.32. The first-order valence-corrected chi connectivity index (χ1v) is 4.84. The van der Waals surface area contributed by atoms with Gasteiger partial charge in [0, 0.05) is 12.6 Å². The quantitative estimate of drug-likeness (QED) is 0.730. The molecule has 2 rings (SSSR count). The molecular formula is C9H14N4O. The van der Waals surface area contributed by atoms with E-state index < -0.39 is 0 Å². The molecule has 0 aromatic carbocycles. The lowest BCUT2D eigenvalue weighted by atomic mass is 10.3. The fourth-order valence-electron chi connectivity index (χ4n) is 1.31. The largest absolute Gasteiger partial charge is 0.383 e. The average Bonchev–Trinajstić information content (AvgIpc) is 2.88. The number of nitrogen functional groups attached to an aromatic ring is 1. The van der Waals surface area contributed by atoms with E-state index in [4.69, 9.17) is 5.73 Å². The van der Waals surface area contributed by atoms with Crippen LogP contribution in [-0.2, 0) is 6.54 Å². The number of nitrogens with two attached hydrogens (primary N) is 1. The van der Waals surface area contributed by atoms with Crippen molar-refractivity contribution < 1.29 is 4.79 Å². The first-order valence-electron chi connectivity index (χ1n) is 4.84. The van der Waals surface area contributed by atoms with Crippen LogP contribution in [0, 0.1) is 0 Å². The van der Waals surface area contributed by atoms with Crippen molar-refractivity contribution in [2.24, 2.45) is 0 Å². The Morgan fingerprint density at radius 1 is 1.79 bits per heavy atom. The van der Waals surface area contributed by atoms with Crippen molar-refractivity contribution in [2.75, 3.05) is 5.73 Å². The summed E-state index contributed by atoms with van der Waals surface area (Å²) in [6.45, 7) is 2.62. The maximum Gasteiger partial charge on any atom is 0.256 e. The standard InChI is InChI=1S/C9H14N4O/c1-2-13-8(10)7(5-11-13)9(14)12-6-3-4-6/h5-6H,2-4,10H2,1H3,(H,12,14). The van der Waals surface area contributed by atoms with Crippen LogP contribution in [0.15, 0.2) is 6.20 Å². The van der Waals surface area contributed by atoms with Crippen molar-refractivity contribution in [1.29, 1.82) is 0 Å². The maximum absolute atomic E-state index is 11.6. The molecule has 5 heteroatoms. The van der Waals surface area contributed by atoms with E-state index in [1.165, 1.54) is 6.20 Å². The molecule has 0 unspecified atom stereocenters. The Kier molecular flexibility index (Phi) is 2.15. The Labute approximate surface area is 82.3 Å². The lowest BCUT2D eigenvalue weighted by Crippen LogP contribution is -2.25. The van der Waals surface area contributed by atoms with Crippen LogP contribution >= 0.6 is 0 Å². The molecule has 1 aromatic rings. The van der Waals surface area contributed by atoms with Gasteiger partial charge >= 0.3 is 0 Å². The van der Waals surface area contributed by atoms with Crippen LogP contribution in [0.3, 0.4) is 0 Å². The minimum atomic E-state index is -0.107. The van der Waals surface area contributed by atoms with E-state index in [9.17, 15) is 4.79 Å². The van der Waals surface area contributed by atoms with Gasteiger partial charge in [-0.15, -0.1) is 0 Å². The molecular weight excluding hydrogens is 180 g/mol. The van der Waals surface area contributed by atoms with Crippen LogP contribution in [0.5, 0.6) is 0 Å². The molecule has 1 amide bonds. The number of carbonyl (C=O) groups is 1. The predicted molar refractivity (Wildman–Crippen MR) is 52.8 cm³/mol. The van der Waals surface area contributed by atoms with E-state index in [1.54, 1.807) is 4.68 Å². The van der Waals surface area contributed by atoms with Crippen molar-refractivity contribution in [3.8, 4) is 0 Å². The molecule has 0 radical (unpaired) electrons. The third-order valence-corrected chi connectivity index (χ3v) is 2.34. The van der Waals surface area contributed by atoms with Crippen LogP contribution in [0.1, 0.15) is 30.1 Å². The Morgan fingerprint density at radius 2 is 2.50 bits per heavy atom. The SMILES string of the molecule is CCn1ncc(C(=O)NC2CC2)c1N. The number of rotatable bonds is 3. The average molecular weight is 194 g/mol. The van der Waals surface area contributed by atoms with Crippen LogP contribution in [-0.4, -0.2) is 21.7 Å².